The van der Waals surface area contributed by atoms with Gasteiger partial charge in [0, 0.05) is 12.5 Å². The summed E-state index contributed by atoms with van der Waals surface area (Å²) in [4.78, 5) is 10.6. The van der Waals surface area contributed by atoms with Gasteiger partial charge in [0.15, 0.2) is 11.6 Å². The van der Waals surface area contributed by atoms with E-state index in [1.165, 1.54) is 7.05 Å². The summed E-state index contributed by atoms with van der Waals surface area (Å²) >= 11 is 0. The first-order chi connectivity index (χ1) is 7.45. The third-order valence-corrected chi connectivity index (χ3v) is 2.16. The maximum Gasteiger partial charge on any atom is 0.321 e. The van der Waals surface area contributed by atoms with Gasteiger partial charge in [0.2, 0.25) is 0 Å². The van der Waals surface area contributed by atoms with E-state index < -0.39 is 29.5 Å². The Hall–Kier alpha value is -1.56. The second kappa shape index (κ2) is 4.98. The smallest absolute Gasteiger partial charge is 0.321 e. The maximum atomic E-state index is 13.2. The predicted molar refractivity (Wildman–Crippen MR) is 50.5 cm³/mol. The molecule has 0 radical (unpaired) electrons. The van der Waals surface area contributed by atoms with Crippen molar-refractivity contribution < 1.29 is 23.1 Å². The highest BCUT2D eigenvalue weighted by atomic mass is 19.2. The molecule has 1 rings (SSSR count). The summed E-state index contributed by atoms with van der Waals surface area (Å²) in [6, 6.07) is 0.0244. The zero-order valence-electron chi connectivity index (χ0n) is 8.43. The highest BCUT2D eigenvalue weighted by Crippen LogP contribution is 2.15. The Morgan fingerprint density at radius 1 is 1.31 bits per heavy atom. The van der Waals surface area contributed by atoms with E-state index in [2.05, 4.69) is 5.32 Å². The number of hydrogen-bond acceptors (Lipinski definition) is 2. The largest absolute Gasteiger partial charge is 0.480 e. The molecule has 0 fully saturated rings. The van der Waals surface area contributed by atoms with E-state index in [4.69, 9.17) is 5.11 Å². The van der Waals surface area contributed by atoms with Crippen molar-refractivity contribution in [2.45, 2.75) is 12.5 Å². The summed E-state index contributed by atoms with van der Waals surface area (Å²) in [5.74, 6) is -4.64. The average Bonchev–Trinajstić information content (AvgIpc) is 2.21. The lowest BCUT2D eigenvalue weighted by Gasteiger charge is -2.11. The fraction of sp³-hybridized carbons (Fsp3) is 0.300. The number of nitrogens with one attached hydrogen (secondary N) is 1. The van der Waals surface area contributed by atoms with Gasteiger partial charge in [-0.2, -0.15) is 0 Å². The van der Waals surface area contributed by atoms with Gasteiger partial charge in [-0.1, -0.05) is 0 Å². The monoisotopic (exact) mass is 233 g/mol. The Bertz CT molecular complexity index is 409. The zero-order chi connectivity index (χ0) is 12.3. The maximum absolute atomic E-state index is 13.2. The molecule has 0 aromatic heterocycles. The van der Waals surface area contributed by atoms with Gasteiger partial charge in [-0.3, -0.25) is 4.79 Å². The Morgan fingerprint density at radius 3 is 2.38 bits per heavy atom. The number of carboxylic acid groups (broad SMARTS) is 1. The molecule has 0 aliphatic rings. The Balaban J connectivity index is 2.96. The summed E-state index contributed by atoms with van der Waals surface area (Å²) < 4.78 is 38.6. The third kappa shape index (κ3) is 2.73. The molecule has 0 amide bonds. The highest BCUT2D eigenvalue weighted by molar-refractivity contribution is 5.73. The fourth-order valence-electron chi connectivity index (χ4n) is 1.25. The summed E-state index contributed by atoms with van der Waals surface area (Å²) in [5.41, 5.74) is -0.180. The molecule has 0 unspecified atom stereocenters. The lowest BCUT2D eigenvalue weighted by Crippen LogP contribution is -2.36. The number of rotatable bonds is 4. The molecule has 16 heavy (non-hydrogen) atoms. The molecule has 1 atom stereocenters. The fourth-order valence-corrected chi connectivity index (χ4v) is 1.25. The number of benzene rings is 1. The minimum absolute atomic E-state index is 0.180. The number of halogens is 3. The Labute approximate surface area is 89.9 Å². The molecule has 0 saturated heterocycles. The number of aliphatic carboxylic acids is 1. The molecular formula is C10H10F3NO2. The van der Waals surface area contributed by atoms with E-state index in [1.54, 1.807) is 0 Å². The van der Waals surface area contributed by atoms with E-state index in [1.807, 2.05) is 0 Å². The molecule has 2 N–H and O–H groups in total. The van der Waals surface area contributed by atoms with E-state index in [0.29, 0.717) is 12.1 Å². The SMILES string of the molecule is CN[C@H](Cc1cc(F)c(F)cc1F)C(=O)O. The first kappa shape index (κ1) is 12.5. The van der Waals surface area contributed by atoms with Crippen LogP contribution in [0.5, 0.6) is 0 Å². The van der Waals surface area contributed by atoms with Crippen LogP contribution in [0.4, 0.5) is 13.2 Å². The summed E-state index contributed by atoms with van der Waals surface area (Å²) in [7, 11) is 1.39. The van der Waals surface area contributed by atoms with E-state index in [9.17, 15) is 18.0 Å². The molecule has 0 heterocycles. The van der Waals surface area contributed by atoms with Crippen molar-refractivity contribution >= 4 is 5.97 Å². The number of carboxylic acids is 1. The highest BCUT2D eigenvalue weighted by Gasteiger charge is 2.19. The van der Waals surface area contributed by atoms with Crippen molar-refractivity contribution in [3.05, 3.63) is 35.1 Å². The van der Waals surface area contributed by atoms with Crippen LogP contribution in [0.15, 0.2) is 12.1 Å². The van der Waals surface area contributed by atoms with Crippen LogP contribution < -0.4 is 5.32 Å². The summed E-state index contributed by atoms with van der Waals surface area (Å²) in [6.45, 7) is 0. The van der Waals surface area contributed by atoms with Crippen molar-refractivity contribution in [1.82, 2.24) is 5.32 Å². The lowest BCUT2D eigenvalue weighted by atomic mass is 10.1. The minimum atomic E-state index is -1.29. The molecule has 6 heteroatoms. The predicted octanol–water partition coefficient (Wildman–Crippen LogP) is 1.32. The van der Waals surface area contributed by atoms with Gasteiger partial charge in [0.1, 0.15) is 11.9 Å². The molecule has 0 aliphatic carbocycles. The van der Waals surface area contributed by atoms with Gasteiger partial charge in [0.25, 0.3) is 0 Å². The topological polar surface area (TPSA) is 49.3 Å². The van der Waals surface area contributed by atoms with Crippen molar-refractivity contribution in [3.63, 3.8) is 0 Å². The molecular weight excluding hydrogens is 223 g/mol. The summed E-state index contributed by atoms with van der Waals surface area (Å²) in [5, 5.41) is 11.1. The molecule has 1 aromatic rings. The molecule has 0 aliphatic heterocycles. The Kier molecular flexibility index (Phi) is 3.89. The molecule has 88 valence electrons. The van der Waals surface area contributed by atoms with Gasteiger partial charge in [0.05, 0.1) is 0 Å². The third-order valence-electron chi connectivity index (χ3n) is 2.16. The zero-order valence-corrected chi connectivity index (χ0v) is 8.43. The molecule has 0 spiro atoms. The van der Waals surface area contributed by atoms with Gasteiger partial charge in [-0.15, -0.1) is 0 Å². The van der Waals surface area contributed by atoms with Gasteiger partial charge < -0.3 is 10.4 Å². The second-order valence-electron chi connectivity index (χ2n) is 3.24. The van der Waals surface area contributed by atoms with Crippen LogP contribution in [0.2, 0.25) is 0 Å². The van der Waals surface area contributed by atoms with Gasteiger partial charge >= 0.3 is 5.97 Å². The number of likely N-dealkylation sites (N-methyl/N-ethyl adjacent to an activating group) is 1. The first-order valence-electron chi connectivity index (χ1n) is 4.49. The molecule has 0 saturated carbocycles. The van der Waals surface area contributed by atoms with Crippen molar-refractivity contribution in [3.8, 4) is 0 Å². The second-order valence-corrected chi connectivity index (χ2v) is 3.24. The molecule has 1 aromatic carbocycles. The number of hydrogen-bond donors (Lipinski definition) is 2. The minimum Gasteiger partial charge on any atom is -0.480 e. The van der Waals surface area contributed by atoms with Crippen LogP contribution in [0.3, 0.4) is 0 Å². The quantitative estimate of drug-likeness (QED) is 0.771. The Morgan fingerprint density at radius 2 is 1.88 bits per heavy atom. The molecule has 0 bridgehead atoms. The van der Waals surface area contributed by atoms with Crippen LogP contribution in [0.1, 0.15) is 5.56 Å². The van der Waals surface area contributed by atoms with Crippen LogP contribution in [-0.2, 0) is 11.2 Å². The van der Waals surface area contributed by atoms with E-state index >= 15 is 0 Å². The van der Waals surface area contributed by atoms with E-state index in [0.717, 1.165) is 0 Å². The normalized spacial score (nSPS) is 12.5. The van der Waals surface area contributed by atoms with Crippen LogP contribution in [0, 0.1) is 17.5 Å². The van der Waals surface area contributed by atoms with Crippen molar-refractivity contribution in [1.29, 1.82) is 0 Å². The standard InChI is InChI=1S/C10H10F3NO2/c1-14-9(10(15)16)3-5-2-7(12)8(13)4-6(5)11/h2,4,9,14H,3H2,1H3,(H,15,16)/t9-/m1/s1. The van der Waals surface area contributed by atoms with E-state index in [-0.39, 0.29) is 12.0 Å². The van der Waals surface area contributed by atoms with Gasteiger partial charge in [-0.25, -0.2) is 13.2 Å². The molecule has 3 nitrogen and oxygen atoms in total. The summed E-state index contributed by atoms with van der Waals surface area (Å²) in [6.07, 6.45) is -0.255. The number of carbonyl (C=O) groups is 1. The first-order valence-corrected chi connectivity index (χ1v) is 4.49. The van der Waals surface area contributed by atoms with Crippen LogP contribution in [0.25, 0.3) is 0 Å². The lowest BCUT2D eigenvalue weighted by molar-refractivity contribution is -0.139. The van der Waals surface area contributed by atoms with Crippen LogP contribution in [-0.4, -0.2) is 24.2 Å². The average molecular weight is 233 g/mol. The van der Waals surface area contributed by atoms with Gasteiger partial charge in [-0.05, 0) is 18.7 Å². The van der Waals surface area contributed by atoms with Crippen molar-refractivity contribution in [2.24, 2.45) is 0 Å². The van der Waals surface area contributed by atoms with Crippen LogP contribution >= 0.6 is 0 Å². The van der Waals surface area contributed by atoms with Crippen molar-refractivity contribution in [2.75, 3.05) is 7.05 Å².